The van der Waals surface area contributed by atoms with Crippen molar-refractivity contribution in [2.45, 2.75) is 6.29 Å². The molecule has 5 nitrogen and oxygen atoms in total. The number of hydrogen-bond acceptors (Lipinski definition) is 3. The number of halogens is 1. The molecule has 2 amide bonds. The van der Waals surface area contributed by atoms with Crippen molar-refractivity contribution in [2.24, 2.45) is 0 Å². The number of rotatable bonds is 0. The summed E-state index contributed by atoms with van der Waals surface area (Å²) in [6.07, 6.45) is -0.529. The maximum atomic E-state index is 13.4. The summed E-state index contributed by atoms with van der Waals surface area (Å²) in [6, 6.07) is 20.8. The molecule has 3 aliphatic rings. The van der Waals surface area contributed by atoms with Gasteiger partial charge in [-0.25, -0.2) is 0 Å². The van der Waals surface area contributed by atoms with Crippen LogP contribution < -0.4 is 14.7 Å². The van der Waals surface area contributed by atoms with E-state index in [4.69, 9.17) is 0 Å². The highest BCUT2D eigenvalue weighted by molar-refractivity contribution is 9.10. The first-order valence-electron chi connectivity index (χ1n) is 8.61. The monoisotopic (exact) mass is 417 g/mol. The zero-order valence-corrected chi connectivity index (χ0v) is 15.6. The summed E-state index contributed by atoms with van der Waals surface area (Å²) < 4.78 is 0.865. The Bertz CT molecular complexity index is 1180. The third-order valence-corrected chi connectivity index (χ3v) is 5.87. The predicted octanol–water partition coefficient (Wildman–Crippen LogP) is 4.51. The average molecular weight is 418 g/mol. The Kier molecular flexibility index (Phi) is 2.77. The first kappa shape index (κ1) is 15.0. The molecular formula is C21H12BrN3O2. The molecular weight excluding hydrogens is 406 g/mol. The Morgan fingerprint density at radius 2 is 1.19 bits per heavy atom. The van der Waals surface area contributed by atoms with Crippen molar-refractivity contribution in [2.75, 3.05) is 14.7 Å². The summed E-state index contributed by atoms with van der Waals surface area (Å²) in [5.41, 5.74) is 4.38. The molecule has 0 spiro atoms. The van der Waals surface area contributed by atoms with Crippen molar-refractivity contribution in [3.63, 3.8) is 0 Å². The molecule has 0 saturated carbocycles. The molecule has 0 aliphatic carbocycles. The van der Waals surface area contributed by atoms with Gasteiger partial charge in [0.25, 0.3) is 11.8 Å². The maximum absolute atomic E-state index is 13.4. The lowest BCUT2D eigenvalue weighted by Crippen LogP contribution is -2.62. The fraction of sp³-hybridized carbons (Fsp3) is 0.0476. The van der Waals surface area contributed by atoms with Gasteiger partial charge in [-0.2, -0.15) is 0 Å². The molecule has 0 fully saturated rings. The van der Waals surface area contributed by atoms with Crippen LogP contribution >= 0.6 is 15.9 Å². The standard InChI is InChI=1S/C21H12BrN3O2/c22-12-9-10-17-18(11-12)25-20(27)14-6-2-4-8-16(14)23-15-7-3-1-5-13(15)19(26)24(17)21(23)25/h1-11,21H. The SMILES string of the molecule is O=C1c2ccccc2N2c3ccccc3C(=O)N3c4cc(Br)ccc4N1C32. The van der Waals surface area contributed by atoms with Crippen molar-refractivity contribution in [1.82, 2.24) is 0 Å². The number of benzene rings is 3. The summed E-state index contributed by atoms with van der Waals surface area (Å²) >= 11 is 3.49. The summed E-state index contributed by atoms with van der Waals surface area (Å²) in [5, 5.41) is 0. The quantitative estimate of drug-likeness (QED) is 0.540. The van der Waals surface area contributed by atoms with E-state index in [-0.39, 0.29) is 11.8 Å². The molecule has 0 N–H and O–H groups in total. The lowest BCUT2D eigenvalue weighted by atomic mass is 10.0. The van der Waals surface area contributed by atoms with Gasteiger partial charge in [-0.3, -0.25) is 19.4 Å². The number of hydrogen-bond donors (Lipinski definition) is 0. The minimum atomic E-state index is -0.529. The Labute approximate surface area is 163 Å². The molecule has 3 aliphatic heterocycles. The van der Waals surface area contributed by atoms with Gasteiger partial charge in [-0.05, 0) is 42.5 Å². The van der Waals surface area contributed by atoms with Crippen LogP contribution in [-0.2, 0) is 0 Å². The van der Waals surface area contributed by atoms with Crippen LogP contribution in [0.25, 0.3) is 0 Å². The van der Waals surface area contributed by atoms with Crippen LogP contribution in [0.3, 0.4) is 0 Å². The van der Waals surface area contributed by atoms with E-state index in [2.05, 4.69) is 20.8 Å². The van der Waals surface area contributed by atoms with Crippen molar-refractivity contribution in [3.05, 3.63) is 82.3 Å². The van der Waals surface area contributed by atoms with Gasteiger partial charge < -0.3 is 4.90 Å². The van der Waals surface area contributed by atoms with E-state index < -0.39 is 6.29 Å². The number of carbonyl (C=O) groups excluding carboxylic acids is 2. The number of fused-ring (bicyclic) bond motifs is 7. The van der Waals surface area contributed by atoms with Gasteiger partial charge in [-0.15, -0.1) is 0 Å². The van der Waals surface area contributed by atoms with Crippen molar-refractivity contribution < 1.29 is 9.59 Å². The van der Waals surface area contributed by atoms with Crippen LogP contribution in [0.2, 0.25) is 0 Å². The smallest absolute Gasteiger partial charge is 0.263 e. The minimum Gasteiger partial charge on any atom is -0.301 e. The molecule has 1 unspecified atom stereocenters. The molecule has 6 heteroatoms. The zero-order valence-electron chi connectivity index (χ0n) is 14.0. The molecule has 6 rings (SSSR count). The predicted molar refractivity (Wildman–Crippen MR) is 107 cm³/mol. The van der Waals surface area contributed by atoms with E-state index >= 15 is 0 Å². The topological polar surface area (TPSA) is 43.9 Å². The normalized spacial score (nSPS) is 18.9. The fourth-order valence-electron chi connectivity index (χ4n) is 4.28. The third-order valence-electron chi connectivity index (χ3n) is 5.37. The second-order valence-electron chi connectivity index (χ2n) is 6.73. The highest BCUT2D eigenvalue weighted by atomic mass is 79.9. The third kappa shape index (κ3) is 1.73. The molecule has 0 aromatic heterocycles. The zero-order chi connectivity index (χ0) is 18.3. The second-order valence-corrected chi connectivity index (χ2v) is 7.65. The molecule has 3 aromatic rings. The van der Waals surface area contributed by atoms with E-state index in [0.29, 0.717) is 11.1 Å². The summed E-state index contributed by atoms with van der Waals surface area (Å²) in [4.78, 5) is 32.2. The number of amides is 2. The maximum Gasteiger partial charge on any atom is 0.263 e. The van der Waals surface area contributed by atoms with Gasteiger partial charge >= 0.3 is 0 Å². The fourth-order valence-corrected chi connectivity index (χ4v) is 4.63. The summed E-state index contributed by atoms with van der Waals surface area (Å²) in [5.74, 6) is -0.189. The van der Waals surface area contributed by atoms with Gasteiger partial charge in [0.05, 0.1) is 33.9 Å². The molecule has 0 saturated heterocycles. The van der Waals surface area contributed by atoms with E-state index in [0.717, 1.165) is 27.2 Å². The molecule has 27 heavy (non-hydrogen) atoms. The van der Waals surface area contributed by atoms with Gasteiger partial charge in [0.15, 0.2) is 6.29 Å². The van der Waals surface area contributed by atoms with Crippen LogP contribution in [0, 0.1) is 0 Å². The van der Waals surface area contributed by atoms with Gasteiger partial charge in [-0.1, -0.05) is 40.2 Å². The van der Waals surface area contributed by atoms with E-state index in [9.17, 15) is 9.59 Å². The molecule has 0 bridgehead atoms. The van der Waals surface area contributed by atoms with Crippen LogP contribution in [0.15, 0.2) is 71.2 Å². The first-order valence-corrected chi connectivity index (χ1v) is 9.40. The number of para-hydroxylation sites is 2. The lowest BCUT2D eigenvalue weighted by Gasteiger charge is -2.47. The molecule has 3 aromatic carbocycles. The highest BCUT2D eigenvalue weighted by Crippen LogP contribution is 2.52. The van der Waals surface area contributed by atoms with Crippen molar-refractivity contribution >= 4 is 50.5 Å². The van der Waals surface area contributed by atoms with Crippen LogP contribution in [0.4, 0.5) is 22.7 Å². The highest BCUT2D eigenvalue weighted by Gasteiger charge is 2.53. The Hall–Kier alpha value is -3.12. The molecule has 1 atom stereocenters. The number of nitrogens with zero attached hydrogens (tertiary/aromatic N) is 3. The second kappa shape index (κ2) is 4.98. The van der Waals surface area contributed by atoms with Gasteiger partial charge in [0, 0.05) is 4.47 Å². The van der Waals surface area contributed by atoms with E-state index in [1.807, 2.05) is 66.7 Å². The average Bonchev–Trinajstić information content (AvgIpc) is 3.02. The van der Waals surface area contributed by atoms with E-state index in [1.54, 1.807) is 9.80 Å². The van der Waals surface area contributed by atoms with Crippen LogP contribution in [-0.4, -0.2) is 18.1 Å². The van der Waals surface area contributed by atoms with Gasteiger partial charge in [0.2, 0.25) is 0 Å². The van der Waals surface area contributed by atoms with Crippen LogP contribution in [0.5, 0.6) is 0 Å². The summed E-state index contributed by atoms with van der Waals surface area (Å²) in [7, 11) is 0. The van der Waals surface area contributed by atoms with Gasteiger partial charge in [0.1, 0.15) is 0 Å². The molecule has 0 radical (unpaired) electrons. The van der Waals surface area contributed by atoms with Crippen molar-refractivity contribution in [3.8, 4) is 0 Å². The van der Waals surface area contributed by atoms with Crippen LogP contribution in [0.1, 0.15) is 20.7 Å². The first-order chi connectivity index (χ1) is 13.2. The minimum absolute atomic E-state index is 0.0925. The summed E-state index contributed by atoms with van der Waals surface area (Å²) in [6.45, 7) is 0. The number of carbonyl (C=O) groups is 2. The largest absolute Gasteiger partial charge is 0.301 e. The Morgan fingerprint density at radius 1 is 0.630 bits per heavy atom. The molecule has 3 heterocycles. The Morgan fingerprint density at radius 3 is 1.81 bits per heavy atom. The lowest BCUT2D eigenvalue weighted by molar-refractivity contribution is 0.0945. The molecule has 130 valence electrons. The van der Waals surface area contributed by atoms with Crippen molar-refractivity contribution in [1.29, 1.82) is 0 Å². The Balaban J connectivity index is 1.74. The van der Waals surface area contributed by atoms with E-state index in [1.165, 1.54) is 0 Å². The number of anilines is 4.